The van der Waals surface area contributed by atoms with E-state index in [-0.39, 0.29) is 18.3 Å². The standard InChI is InChI=1S/C19H16ClNO5/c1-11-6-19(23)26-16-9-17(15(20)8-14(11)16)25-10-18(22)21-12-4-3-5-13(7-12)24-2/h3-9H,10H2,1-2H3,(H,21,22). The van der Waals surface area contributed by atoms with Gasteiger partial charge in [0, 0.05) is 29.3 Å². The fourth-order valence-electron chi connectivity index (χ4n) is 2.47. The van der Waals surface area contributed by atoms with Gasteiger partial charge >= 0.3 is 5.63 Å². The van der Waals surface area contributed by atoms with Crippen LogP contribution >= 0.6 is 11.6 Å². The third-order valence-corrected chi connectivity index (χ3v) is 4.01. The van der Waals surface area contributed by atoms with Gasteiger partial charge in [-0.3, -0.25) is 4.79 Å². The summed E-state index contributed by atoms with van der Waals surface area (Å²) >= 11 is 6.21. The number of aryl methyl sites for hydroxylation is 1. The molecule has 1 amide bonds. The van der Waals surface area contributed by atoms with Crippen LogP contribution in [0.15, 0.2) is 51.7 Å². The second kappa shape index (κ2) is 7.49. The molecule has 7 heteroatoms. The zero-order chi connectivity index (χ0) is 18.7. The van der Waals surface area contributed by atoms with E-state index < -0.39 is 5.63 Å². The Morgan fingerprint density at radius 3 is 2.81 bits per heavy atom. The third kappa shape index (κ3) is 3.97. The lowest BCUT2D eigenvalue weighted by atomic mass is 10.1. The molecule has 0 aliphatic heterocycles. The average molecular weight is 374 g/mol. The predicted octanol–water partition coefficient (Wildman–Crippen LogP) is 3.78. The Bertz CT molecular complexity index is 1030. The van der Waals surface area contributed by atoms with E-state index in [4.69, 9.17) is 25.5 Å². The Balaban J connectivity index is 1.73. The van der Waals surface area contributed by atoms with Gasteiger partial charge in [-0.25, -0.2) is 4.79 Å². The van der Waals surface area contributed by atoms with E-state index in [1.807, 2.05) is 0 Å². The molecular formula is C19H16ClNO5. The van der Waals surface area contributed by atoms with Crippen LogP contribution in [0.2, 0.25) is 5.02 Å². The van der Waals surface area contributed by atoms with Crippen molar-refractivity contribution in [3.63, 3.8) is 0 Å². The number of rotatable bonds is 5. The molecule has 1 heterocycles. The van der Waals surface area contributed by atoms with Gasteiger partial charge < -0.3 is 19.2 Å². The molecule has 0 bridgehead atoms. The van der Waals surface area contributed by atoms with E-state index in [1.165, 1.54) is 12.1 Å². The SMILES string of the molecule is COc1cccc(NC(=O)COc2cc3oc(=O)cc(C)c3cc2Cl)c1. The highest BCUT2D eigenvalue weighted by Gasteiger charge is 2.11. The first-order valence-electron chi connectivity index (χ1n) is 7.77. The maximum Gasteiger partial charge on any atom is 0.336 e. The molecule has 1 aromatic heterocycles. The largest absolute Gasteiger partial charge is 0.497 e. The van der Waals surface area contributed by atoms with Crippen LogP contribution in [-0.2, 0) is 4.79 Å². The molecule has 134 valence electrons. The molecule has 0 radical (unpaired) electrons. The summed E-state index contributed by atoms with van der Waals surface area (Å²) in [4.78, 5) is 23.6. The van der Waals surface area contributed by atoms with E-state index >= 15 is 0 Å². The number of ether oxygens (including phenoxy) is 2. The van der Waals surface area contributed by atoms with Crippen LogP contribution in [-0.4, -0.2) is 19.6 Å². The molecule has 6 nitrogen and oxygen atoms in total. The van der Waals surface area contributed by atoms with Gasteiger partial charge in [-0.05, 0) is 30.7 Å². The summed E-state index contributed by atoms with van der Waals surface area (Å²) in [5.41, 5.74) is 1.23. The van der Waals surface area contributed by atoms with Crippen molar-refractivity contribution >= 4 is 34.2 Å². The molecule has 0 spiro atoms. The van der Waals surface area contributed by atoms with Crippen molar-refractivity contribution in [2.75, 3.05) is 19.0 Å². The first kappa shape index (κ1) is 17.8. The highest BCUT2D eigenvalue weighted by atomic mass is 35.5. The van der Waals surface area contributed by atoms with Crippen molar-refractivity contribution < 1.29 is 18.7 Å². The van der Waals surface area contributed by atoms with Gasteiger partial charge in [0.25, 0.3) is 5.91 Å². The van der Waals surface area contributed by atoms with Crippen LogP contribution < -0.4 is 20.4 Å². The predicted molar refractivity (Wildman–Crippen MR) is 99.3 cm³/mol. The third-order valence-electron chi connectivity index (χ3n) is 3.72. The summed E-state index contributed by atoms with van der Waals surface area (Å²) in [6.07, 6.45) is 0. The van der Waals surface area contributed by atoms with Gasteiger partial charge in [0.05, 0.1) is 12.1 Å². The topological polar surface area (TPSA) is 77.8 Å². The second-order valence-corrected chi connectivity index (χ2v) is 6.00. The van der Waals surface area contributed by atoms with Crippen LogP contribution in [0.1, 0.15) is 5.56 Å². The average Bonchev–Trinajstić information content (AvgIpc) is 2.61. The summed E-state index contributed by atoms with van der Waals surface area (Å²) in [5.74, 6) is 0.528. The zero-order valence-corrected chi connectivity index (χ0v) is 14.9. The minimum atomic E-state index is -0.459. The van der Waals surface area contributed by atoms with Gasteiger partial charge in [0.2, 0.25) is 0 Å². The molecular weight excluding hydrogens is 358 g/mol. The molecule has 0 aliphatic rings. The first-order valence-corrected chi connectivity index (χ1v) is 8.15. The highest BCUT2D eigenvalue weighted by Crippen LogP contribution is 2.31. The van der Waals surface area contributed by atoms with Gasteiger partial charge in [-0.15, -0.1) is 0 Å². The Kier molecular flexibility index (Phi) is 5.14. The molecule has 0 aliphatic carbocycles. The zero-order valence-electron chi connectivity index (χ0n) is 14.2. The lowest BCUT2D eigenvalue weighted by Crippen LogP contribution is -2.20. The number of anilines is 1. The summed E-state index contributed by atoms with van der Waals surface area (Å²) in [5, 5.41) is 3.73. The fraction of sp³-hybridized carbons (Fsp3) is 0.158. The number of benzene rings is 2. The molecule has 2 aromatic carbocycles. The van der Waals surface area contributed by atoms with Crippen molar-refractivity contribution in [1.29, 1.82) is 0 Å². The van der Waals surface area contributed by atoms with E-state index in [2.05, 4.69) is 5.32 Å². The first-order chi connectivity index (χ1) is 12.5. The molecule has 3 rings (SSSR count). The Labute approximate surface area is 154 Å². The van der Waals surface area contributed by atoms with Crippen molar-refractivity contribution in [3.05, 3.63) is 63.5 Å². The monoisotopic (exact) mass is 373 g/mol. The molecule has 0 unspecified atom stereocenters. The van der Waals surface area contributed by atoms with Crippen molar-refractivity contribution in [3.8, 4) is 11.5 Å². The smallest absolute Gasteiger partial charge is 0.336 e. The van der Waals surface area contributed by atoms with E-state index in [9.17, 15) is 9.59 Å². The second-order valence-electron chi connectivity index (χ2n) is 5.60. The van der Waals surface area contributed by atoms with Crippen molar-refractivity contribution in [1.82, 2.24) is 0 Å². The minimum absolute atomic E-state index is 0.252. The van der Waals surface area contributed by atoms with Crippen LogP contribution in [0.5, 0.6) is 11.5 Å². The number of amides is 1. The van der Waals surface area contributed by atoms with Crippen molar-refractivity contribution in [2.45, 2.75) is 6.92 Å². The lowest BCUT2D eigenvalue weighted by molar-refractivity contribution is -0.118. The number of nitrogens with one attached hydrogen (secondary N) is 1. The van der Waals surface area contributed by atoms with Gasteiger partial charge in [0.15, 0.2) is 6.61 Å². The number of hydrogen-bond acceptors (Lipinski definition) is 5. The molecule has 0 saturated heterocycles. The minimum Gasteiger partial charge on any atom is -0.497 e. The van der Waals surface area contributed by atoms with Crippen LogP contribution in [0, 0.1) is 6.92 Å². The maximum atomic E-state index is 12.1. The van der Waals surface area contributed by atoms with Crippen LogP contribution in [0.4, 0.5) is 5.69 Å². The molecule has 26 heavy (non-hydrogen) atoms. The number of carbonyl (C=O) groups excluding carboxylic acids is 1. The summed E-state index contributed by atoms with van der Waals surface area (Å²) in [6.45, 7) is 1.54. The molecule has 0 saturated carbocycles. The Hall–Kier alpha value is -2.99. The quantitative estimate of drug-likeness (QED) is 0.688. The normalized spacial score (nSPS) is 10.6. The molecule has 0 atom stereocenters. The number of hydrogen-bond donors (Lipinski definition) is 1. The van der Waals surface area contributed by atoms with Crippen LogP contribution in [0.3, 0.4) is 0 Å². The van der Waals surface area contributed by atoms with Gasteiger partial charge in [0.1, 0.15) is 17.1 Å². The molecule has 0 fully saturated rings. The lowest BCUT2D eigenvalue weighted by Gasteiger charge is -2.10. The summed E-state index contributed by atoms with van der Waals surface area (Å²) in [7, 11) is 1.55. The Morgan fingerprint density at radius 2 is 2.04 bits per heavy atom. The number of halogens is 1. The Morgan fingerprint density at radius 1 is 1.23 bits per heavy atom. The van der Waals surface area contributed by atoms with Crippen LogP contribution in [0.25, 0.3) is 11.0 Å². The molecule has 3 aromatic rings. The number of carbonyl (C=O) groups is 1. The van der Waals surface area contributed by atoms with Gasteiger partial charge in [-0.2, -0.15) is 0 Å². The molecule has 1 N–H and O–H groups in total. The van der Waals surface area contributed by atoms with E-state index in [1.54, 1.807) is 44.4 Å². The highest BCUT2D eigenvalue weighted by molar-refractivity contribution is 6.32. The summed E-state index contributed by atoms with van der Waals surface area (Å²) < 4.78 is 15.7. The summed E-state index contributed by atoms with van der Waals surface area (Å²) in [6, 6.07) is 11.5. The number of fused-ring (bicyclic) bond motifs is 1. The van der Waals surface area contributed by atoms with E-state index in [0.29, 0.717) is 27.4 Å². The van der Waals surface area contributed by atoms with E-state index in [0.717, 1.165) is 5.56 Å². The maximum absolute atomic E-state index is 12.1. The van der Waals surface area contributed by atoms with Gasteiger partial charge in [-0.1, -0.05) is 17.7 Å². The number of methoxy groups -OCH3 is 1. The fourth-order valence-corrected chi connectivity index (χ4v) is 2.69. The van der Waals surface area contributed by atoms with Crippen molar-refractivity contribution in [2.24, 2.45) is 0 Å².